The van der Waals surface area contributed by atoms with E-state index in [1.54, 1.807) is 6.42 Å². The Labute approximate surface area is 182 Å². The third kappa shape index (κ3) is 3.78. The molecule has 4 aliphatic rings. The van der Waals surface area contributed by atoms with Crippen molar-refractivity contribution in [3.05, 3.63) is 12.2 Å². The fraction of sp³-hybridized carbons (Fsp3) is 0.931. The van der Waals surface area contributed by atoms with Gasteiger partial charge >= 0.3 is 0 Å². The number of rotatable bonds is 6. The molecule has 0 radical (unpaired) electrons. The predicted molar refractivity (Wildman–Crippen MR) is 127 cm³/mol. The van der Waals surface area contributed by atoms with Crippen LogP contribution in [0, 0.1) is 58.2 Å². The van der Waals surface area contributed by atoms with Crippen LogP contribution in [0.2, 0.25) is 0 Å². The van der Waals surface area contributed by atoms with Crippen molar-refractivity contribution in [3.63, 3.8) is 0 Å². The van der Waals surface area contributed by atoms with Crippen molar-refractivity contribution in [1.29, 1.82) is 0 Å². The molecule has 166 valence electrons. The summed E-state index contributed by atoms with van der Waals surface area (Å²) in [7, 11) is 0. The quantitative estimate of drug-likeness (QED) is 0.392. The van der Waals surface area contributed by atoms with Gasteiger partial charge in [0, 0.05) is 0 Å². The van der Waals surface area contributed by atoms with Gasteiger partial charge in [0.1, 0.15) is 0 Å². The minimum absolute atomic E-state index is 0.503. The van der Waals surface area contributed by atoms with E-state index in [0.29, 0.717) is 10.8 Å². The molecule has 9 atom stereocenters. The first kappa shape index (κ1) is 22.0. The first-order valence-electron chi connectivity index (χ1n) is 13.5. The first-order chi connectivity index (χ1) is 13.8. The van der Waals surface area contributed by atoms with Crippen molar-refractivity contribution in [2.75, 3.05) is 0 Å². The second-order valence-electron chi connectivity index (χ2n) is 12.8. The van der Waals surface area contributed by atoms with Gasteiger partial charge in [-0.1, -0.05) is 73.0 Å². The zero-order valence-corrected chi connectivity index (χ0v) is 20.6. The van der Waals surface area contributed by atoms with Gasteiger partial charge in [-0.05, 0) is 110 Å². The SMILES string of the molecule is CC[C@H](CC[C@H](C)[C@H]1C=C[C@@]2(C)[C@@H]1CC[C@H]1[C@@H]3CCCC[C@@]3(C)CC[C@@H]12)C(C)C. The molecule has 4 aliphatic carbocycles. The maximum Gasteiger partial charge on any atom is -0.00815 e. The summed E-state index contributed by atoms with van der Waals surface area (Å²) < 4.78 is 0. The monoisotopic (exact) mass is 398 g/mol. The van der Waals surface area contributed by atoms with E-state index in [0.717, 1.165) is 47.3 Å². The summed E-state index contributed by atoms with van der Waals surface area (Å²) in [6, 6.07) is 0. The lowest BCUT2D eigenvalue weighted by Gasteiger charge is -2.60. The highest BCUT2D eigenvalue weighted by Gasteiger charge is 2.58. The van der Waals surface area contributed by atoms with Gasteiger partial charge in [0.15, 0.2) is 0 Å². The van der Waals surface area contributed by atoms with E-state index in [2.05, 4.69) is 53.7 Å². The van der Waals surface area contributed by atoms with Gasteiger partial charge in [0.05, 0.1) is 0 Å². The van der Waals surface area contributed by atoms with Crippen molar-refractivity contribution in [3.8, 4) is 0 Å². The van der Waals surface area contributed by atoms with E-state index in [4.69, 9.17) is 0 Å². The van der Waals surface area contributed by atoms with E-state index >= 15 is 0 Å². The second-order valence-corrected chi connectivity index (χ2v) is 12.8. The lowest BCUT2D eigenvalue weighted by Crippen LogP contribution is -2.52. The molecule has 0 heteroatoms. The van der Waals surface area contributed by atoms with Crippen LogP contribution in [0.4, 0.5) is 0 Å². The first-order valence-corrected chi connectivity index (χ1v) is 13.5. The smallest absolute Gasteiger partial charge is 0.00815 e. The van der Waals surface area contributed by atoms with Crippen LogP contribution in [-0.4, -0.2) is 0 Å². The number of allylic oxidation sites excluding steroid dienone is 2. The number of fused-ring (bicyclic) bond motifs is 5. The van der Waals surface area contributed by atoms with Crippen LogP contribution in [0.15, 0.2) is 12.2 Å². The van der Waals surface area contributed by atoms with Crippen LogP contribution in [-0.2, 0) is 0 Å². The third-order valence-corrected chi connectivity index (χ3v) is 11.1. The molecule has 0 aromatic carbocycles. The minimum atomic E-state index is 0.503. The Morgan fingerprint density at radius 3 is 2.38 bits per heavy atom. The Kier molecular flexibility index (Phi) is 6.32. The molecule has 0 saturated heterocycles. The number of hydrogen-bond acceptors (Lipinski definition) is 0. The summed E-state index contributed by atoms with van der Waals surface area (Å²) in [5.74, 6) is 7.46. The molecule has 0 aromatic heterocycles. The van der Waals surface area contributed by atoms with Crippen LogP contribution in [0.1, 0.15) is 112 Å². The van der Waals surface area contributed by atoms with Gasteiger partial charge < -0.3 is 0 Å². The molecule has 0 aromatic rings. The van der Waals surface area contributed by atoms with Crippen LogP contribution >= 0.6 is 0 Å². The van der Waals surface area contributed by atoms with E-state index in [1.807, 2.05) is 0 Å². The summed E-state index contributed by atoms with van der Waals surface area (Å²) in [6.07, 6.45) is 21.8. The third-order valence-electron chi connectivity index (χ3n) is 11.1. The van der Waals surface area contributed by atoms with Gasteiger partial charge in [-0.15, -0.1) is 0 Å². The summed E-state index contributed by atoms with van der Waals surface area (Å²) in [4.78, 5) is 0. The predicted octanol–water partition coefficient (Wildman–Crippen LogP) is 8.91. The Balaban J connectivity index is 1.45. The fourth-order valence-corrected chi connectivity index (χ4v) is 9.15. The van der Waals surface area contributed by atoms with Crippen LogP contribution < -0.4 is 0 Å². The highest BCUT2D eigenvalue weighted by atomic mass is 14.6. The van der Waals surface area contributed by atoms with E-state index < -0.39 is 0 Å². The van der Waals surface area contributed by atoms with Crippen molar-refractivity contribution in [2.45, 2.75) is 112 Å². The maximum atomic E-state index is 2.75. The zero-order valence-electron chi connectivity index (χ0n) is 20.6. The van der Waals surface area contributed by atoms with Gasteiger partial charge in [0.2, 0.25) is 0 Å². The molecule has 29 heavy (non-hydrogen) atoms. The topological polar surface area (TPSA) is 0 Å². The fourth-order valence-electron chi connectivity index (χ4n) is 9.15. The molecular formula is C29H50. The molecule has 0 amide bonds. The highest BCUT2D eigenvalue weighted by molar-refractivity contribution is 5.20. The lowest BCUT2D eigenvalue weighted by atomic mass is 9.45. The van der Waals surface area contributed by atoms with Crippen molar-refractivity contribution < 1.29 is 0 Å². The molecule has 3 fully saturated rings. The van der Waals surface area contributed by atoms with Crippen molar-refractivity contribution >= 4 is 0 Å². The van der Waals surface area contributed by atoms with Crippen LogP contribution in [0.25, 0.3) is 0 Å². The zero-order chi connectivity index (χ0) is 20.8. The highest BCUT2D eigenvalue weighted by Crippen LogP contribution is 2.66. The average Bonchev–Trinajstić information content (AvgIpc) is 3.04. The summed E-state index contributed by atoms with van der Waals surface area (Å²) in [6.45, 7) is 15.2. The van der Waals surface area contributed by atoms with Gasteiger partial charge in [-0.2, -0.15) is 0 Å². The molecule has 0 spiro atoms. The normalized spacial score (nSPS) is 46.1. The summed E-state index contributed by atoms with van der Waals surface area (Å²) in [5, 5.41) is 0. The molecule has 0 unspecified atom stereocenters. The Morgan fingerprint density at radius 1 is 0.862 bits per heavy atom. The summed E-state index contributed by atoms with van der Waals surface area (Å²) >= 11 is 0. The van der Waals surface area contributed by atoms with Gasteiger partial charge in [-0.3, -0.25) is 0 Å². The molecule has 0 N–H and O–H groups in total. The molecule has 0 heterocycles. The van der Waals surface area contributed by atoms with Crippen LogP contribution in [0.3, 0.4) is 0 Å². The van der Waals surface area contributed by atoms with Crippen molar-refractivity contribution in [2.24, 2.45) is 58.2 Å². The molecule has 4 rings (SSSR count). The Morgan fingerprint density at radius 2 is 1.66 bits per heavy atom. The second kappa shape index (κ2) is 8.35. The largest absolute Gasteiger partial charge is 0.0843 e. The van der Waals surface area contributed by atoms with Crippen LogP contribution in [0.5, 0.6) is 0 Å². The molecule has 0 bridgehead atoms. The van der Waals surface area contributed by atoms with E-state index in [1.165, 1.54) is 64.2 Å². The minimum Gasteiger partial charge on any atom is -0.0843 e. The molecular weight excluding hydrogens is 348 g/mol. The van der Waals surface area contributed by atoms with Gasteiger partial charge in [0.25, 0.3) is 0 Å². The van der Waals surface area contributed by atoms with Crippen molar-refractivity contribution in [1.82, 2.24) is 0 Å². The van der Waals surface area contributed by atoms with Gasteiger partial charge in [-0.25, -0.2) is 0 Å². The Bertz CT molecular complexity index is 587. The van der Waals surface area contributed by atoms with E-state index in [-0.39, 0.29) is 0 Å². The Hall–Kier alpha value is -0.260. The maximum absolute atomic E-state index is 2.75. The molecule has 0 nitrogen and oxygen atoms in total. The summed E-state index contributed by atoms with van der Waals surface area (Å²) in [5.41, 5.74) is 1.19. The standard InChI is InChI=1S/C29H50/c1-7-22(20(2)3)12-11-21(4)23-15-19-29(6)26(23)14-13-24-25-10-8-9-17-28(25,5)18-16-27(24)29/h15,19-27H,7-14,16-18H2,1-6H3/t21-,22+,23+,24-,25-,26+,27-,28-,29-/m0/s1. The average molecular weight is 399 g/mol. The lowest BCUT2D eigenvalue weighted by molar-refractivity contribution is -0.0976. The molecule has 3 saturated carbocycles. The number of hydrogen-bond donors (Lipinski definition) is 0. The molecule has 0 aliphatic heterocycles. The van der Waals surface area contributed by atoms with E-state index in [9.17, 15) is 0 Å².